The van der Waals surface area contributed by atoms with Crippen molar-refractivity contribution in [3.05, 3.63) is 29.8 Å². The van der Waals surface area contributed by atoms with E-state index < -0.39 is 15.6 Å². The number of rotatable bonds is 8. The van der Waals surface area contributed by atoms with E-state index in [9.17, 15) is 13.2 Å². The molecule has 138 valence electrons. The summed E-state index contributed by atoms with van der Waals surface area (Å²) in [6.07, 6.45) is 0.544. The first kappa shape index (κ1) is 22.7. The van der Waals surface area contributed by atoms with Gasteiger partial charge in [0.05, 0.1) is 11.3 Å². The smallest absolute Gasteiger partial charge is 0.251 e. The Morgan fingerprint density at radius 1 is 1.25 bits per heavy atom. The van der Waals surface area contributed by atoms with Gasteiger partial charge in [0.1, 0.15) is 0 Å². The number of nitrogens with two attached hydrogens (primary N) is 1. The molecule has 0 aliphatic heterocycles. The Balaban J connectivity index is 0.00000529. The zero-order valence-corrected chi connectivity index (χ0v) is 16.3. The summed E-state index contributed by atoms with van der Waals surface area (Å²) >= 11 is 0. The van der Waals surface area contributed by atoms with E-state index in [2.05, 4.69) is 10.0 Å². The number of anilines is 1. The van der Waals surface area contributed by atoms with Crippen LogP contribution in [0.25, 0.3) is 0 Å². The van der Waals surface area contributed by atoms with Gasteiger partial charge in [-0.2, -0.15) is 0 Å². The Labute approximate surface area is 151 Å². The summed E-state index contributed by atoms with van der Waals surface area (Å²) in [5.41, 5.74) is 6.18. The van der Waals surface area contributed by atoms with Gasteiger partial charge in [-0.15, -0.1) is 12.4 Å². The van der Waals surface area contributed by atoms with Crippen LogP contribution < -0.4 is 15.8 Å². The third kappa shape index (κ3) is 6.30. The largest absolute Gasteiger partial charge is 0.345 e. The molecule has 1 unspecified atom stereocenters. The molecule has 1 amide bonds. The second-order valence-electron chi connectivity index (χ2n) is 6.23. The van der Waals surface area contributed by atoms with Crippen molar-refractivity contribution < 1.29 is 13.2 Å². The molecule has 0 aliphatic carbocycles. The molecule has 0 saturated carbocycles. The fourth-order valence-corrected chi connectivity index (χ4v) is 3.09. The Hall–Kier alpha value is -1.31. The van der Waals surface area contributed by atoms with Gasteiger partial charge in [0, 0.05) is 17.8 Å². The highest BCUT2D eigenvalue weighted by Crippen LogP contribution is 2.17. The summed E-state index contributed by atoms with van der Waals surface area (Å²) in [5.74, 6) is 0.0320. The molecule has 24 heavy (non-hydrogen) atoms. The van der Waals surface area contributed by atoms with Crippen molar-refractivity contribution in [3.63, 3.8) is 0 Å². The summed E-state index contributed by atoms with van der Waals surface area (Å²) in [7, 11) is -3.33. The van der Waals surface area contributed by atoms with Crippen LogP contribution in [0.3, 0.4) is 0 Å². The lowest BCUT2D eigenvalue weighted by Crippen LogP contribution is -2.55. The van der Waals surface area contributed by atoms with Crippen LogP contribution >= 0.6 is 12.4 Å². The number of benzene rings is 1. The molecule has 1 atom stereocenters. The van der Waals surface area contributed by atoms with Gasteiger partial charge in [0.2, 0.25) is 10.0 Å². The number of halogens is 1. The maximum absolute atomic E-state index is 12.3. The lowest BCUT2D eigenvalue weighted by molar-refractivity contribution is 0.0883. The van der Waals surface area contributed by atoms with E-state index in [1.807, 2.05) is 20.8 Å². The fraction of sp³-hybridized carbons (Fsp3) is 0.562. The van der Waals surface area contributed by atoms with Gasteiger partial charge >= 0.3 is 0 Å². The molecule has 0 saturated heterocycles. The van der Waals surface area contributed by atoms with Crippen LogP contribution in [0.15, 0.2) is 24.3 Å². The lowest BCUT2D eigenvalue weighted by atomic mass is 9.88. The third-order valence-electron chi connectivity index (χ3n) is 3.99. The van der Waals surface area contributed by atoms with Gasteiger partial charge in [0.25, 0.3) is 5.91 Å². The van der Waals surface area contributed by atoms with Crippen LogP contribution in [0, 0.1) is 5.92 Å². The maximum atomic E-state index is 12.3. The van der Waals surface area contributed by atoms with Gasteiger partial charge < -0.3 is 11.1 Å². The highest BCUT2D eigenvalue weighted by molar-refractivity contribution is 7.92. The summed E-state index contributed by atoms with van der Waals surface area (Å²) in [5, 5.41) is 2.94. The summed E-state index contributed by atoms with van der Waals surface area (Å²) < 4.78 is 25.9. The van der Waals surface area contributed by atoms with Crippen molar-refractivity contribution in [1.29, 1.82) is 0 Å². The minimum Gasteiger partial charge on any atom is -0.345 e. The summed E-state index contributed by atoms with van der Waals surface area (Å²) in [4.78, 5) is 12.3. The van der Waals surface area contributed by atoms with Crippen molar-refractivity contribution in [2.75, 3.05) is 17.0 Å². The normalized spacial score (nSPS) is 13.8. The first-order valence-corrected chi connectivity index (χ1v) is 9.42. The van der Waals surface area contributed by atoms with Gasteiger partial charge in [-0.1, -0.05) is 20.8 Å². The zero-order chi connectivity index (χ0) is 17.7. The van der Waals surface area contributed by atoms with E-state index in [1.165, 1.54) is 0 Å². The molecule has 8 heteroatoms. The predicted molar refractivity (Wildman–Crippen MR) is 101 cm³/mol. The quantitative estimate of drug-likeness (QED) is 0.647. The topological polar surface area (TPSA) is 101 Å². The lowest BCUT2D eigenvalue weighted by Gasteiger charge is -2.33. The van der Waals surface area contributed by atoms with Crippen LogP contribution in [0.4, 0.5) is 5.69 Å². The van der Waals surface area contributed by atoms with Crippen molar-refractivity contribution in [1.82, 2.24) is 5.32 Å². The van der Waals surface area contributed by atoms with E-state index in [1.54, 1.807) is 31.2 Å². The maximum Gasteiger partial charge on any atom is 0.251 e. The third-order valence-corrected chi connectivity index (χ3v) is 5.48. The molecule has 0 heterocycles. The standard InChI is InChI=1S/C16H27N3O3S.ClH/c1-5-10-23(21,22)19-14-8-6-13(7-9-14)15(20)18-16(4,11-17)12(2)3;/h6-9,12,19H,5,10-11,17H2,1-4H3,(H,18,20);1H. The molecule has 0 bridgehead atoms. The monoisotopic (exact) mass is 377 g/mol. The molecular weight excluding hydrogens is 350 g/mol. The minimum atomic E-state index is -3.33. The first-order chi connectivity index (χ1) is 10.6. The highest BCUT2D eigenvalue weighted by atomic mass is 35.5. The molecule has 0 fully saturated rings. The van der Waals surface area contributed by atoms with Gasteiger partial charge in [-0.3, -0.25) is 9.52 Å². The molecule has 0 aliphatic rings. The number of carbonyl (C=O) groups is 1. The highest BCUT2D eigenvalue weighted by Gasteiger charge is 2.28. The summed E-state index contributed by atoms with van der Waals surface area (Å²) in [6.45, 7) is 8.04. The number of carbonyl (C=O) groups excluding carboxylic acids is 1. The minimum absolute atomic E-state index is 0. The van der Waals surface area contributed by atoms with Gasteiger partial charge in [-0.25, -0.2) is 8.42 Å². The van der Waals surface area contributed by atoms with Crippen LogP contribution in [0.1, 0.15) is 44.5 Å². The Morgan fingerprint density at radius 2 is 1.79 bits per heavy atom. The molecular formula is C16H28ClN3O3S. The van der Waals surface area contributed by atoms with Crippen molar-refractivity contribution in [2.45, 2.75) is 39.7 Å². The van der Waals surface area contributed by atoms with E-state index in [0.29, 0.717) is 24.2 Å². The van der Waals surface area contributed by atoms with E-state index in [4.69, 9.17) is 5.73 Å². The van der Waals surface area contributed by atoms with E-state index in [0.717, 1.165) is 0 Å². The van der Waals surface area contributed by atoms with Crippen LogP contribution in [-0.2, 0) is 10.0 Å². The molecule has 6 nitrogen and oxygen atoms in total. The number of nitrogens with one attached hydrogen (secondary N) is 2. The number of hydrogen-bond donors (Lipinski definition) is 3. The average Bonchev–Trinajstić information content (AvgIpc) is 2.46. The fourth-order valence-electron chi connectivity index (χ4n) is 1.95. The summed E-state index contributed by atoms with van der Waals surface area (Å²) in [6, 6.07) is 6.35. The second-order valence-corrected chi connectivity index (χ2v) is 8.07. The van der Waals surface area contributed by atoms with Gasteiger partial charge in [0.15, 0.2) is 0 Å². The molecule has 1 rings (SSSR count). The first-order valence-electron chi connectivity index (χ1n) is 7.76. The molecule has 1 aromatic rings. The average molecular weight is 378 g/mol. The second kappa shape index (κ2) is 9.25. The molecule has 0 spiro atoms. The predicted octanol–water partition coefficient (Wildman–Crippen LogP) is 2.36. The van der Waals surface area contributed by atoms with Crippen LogP contribution in [0.2, 0.25) is 0 Å². The Kier molecular flexibility index (Phi) is 8.74. The molecule has 0 aromatic heterocycles. The molecule has 0 radical (unpaired) electrons. The Bertz CT molecular complexity index is 632. The van der Waals surface area contributed by atoms with E-state index in [-0.39, 0.29) is 30.0 Å². The molecule has 1 aromatic carbocycles. The Morgan fingerprint density at radius 3 is 2.21 bits per heavy atom. The van der Waals surface area contributed by atoms with E-state index >= 15 is 0 Å². The SMILES string of the molecule is CCCS(=O)(=O)Nc1ccc(C(=O)NC(C)(CN)C(C)C)cc1.Cl. The van der Waals surface area contributed by atoms with Gasteiger partial charge in [-0.05, 0) is 43.5 Å². The number of hydrogen-bond acceptors (Lipinski definition) is 4. The zero-order valence-electron chi connectivity index (χ0n) is 14.6. The van der Waals surface area contributed by atoms with Crippen molar-refractivity contribution >= 4 is 34.0 Å². The van der Waals surface area contributed by atoms with Crippen LogP contribution in [0.5, 0.6) is 0 Å². The van der Waals surface area contributed by atoms with Crippen LogP contribution in [-0.4, -0.2) is 32.2 Å². The number of sulfonamides is 1. The number of amides is 1. The molecule has 4 N–H and O–H groups in total. The van der Waals surface area contributed by atoms with Crippen molar-refractivity contribution in [2.24, 2.45) is 11.7 Å². The van der Waals surface area contributed by atoms with Crippen molar-refractivity contribution in [3.8, 4) is 0 Å².